The highest BCUT2D eigenvalue weighted by Crippen LogP contribution is 2.20. The fourth-order valence-electron chi connectivity index (χ4n) is 4.50. The summed E-state index contributed by atoms with van der Waals surface area (Å²) in [6.07, 6.45) is 1.24. The molecule has 1 rings (SSSR count). The monoisotopic (exact) mass is 626 g/mol. The molecule has 4 unspecified atom stereocenters. The molecule has 13 N–H and O–H groups in total. The lowest BCUT2D eigenvalue weighted by molar-refractivity contribution is -0.142. The lowest BCUT2D eigenvalue weighted by Crippen LogP contribution is -2.57. The Hall–Kier alpha value is -4.48. The van der Waals surface area contributed by atoms with Crippen LogP contribution >= 0.6 is 0 Å². The lowest BCUT2D eigenvalue weighted by atomic mass is 10.0. The van der Waals surface area contributed by atoms with Crippen LogP contribution < -0.4 is 44.2 Å². The van der Waals surface area contributed by atoms with E-state index in [4.69, 9.17) is 28.0 Å². The number of nitrogens with zero attached hydrogens (tertiary/aromatic N) is 2. The van der Waals surface area contributed by atoms with E-state index in [0.717, 1.165) is 0 Å². The second-order valence-electron chi connectivity index (χ2n) is 10.9. The Bertz CT molecular complexity index is 1080. The van der Waals surface area contributed by atoms with Gasteiger partial charge in [0.2, 0.25) is 35.4 Å². The van der Waals surface area contributed by atoms with Crippen LogP contribution in [-0.4, -0.2) is 108 Å². The Morgan fingerprint density at radius 3 is 2.18 bits per heavy atom. The minimum absolute atomic E-state index is 0.0229. The third-order valence-corrected chi connectivity index (χ3v) is 6.63. The van der Waals surface area contributed by atoms with Gasteiger partial charge in [0, 0.05) is 19.5 Å². The summed E-state index contributed by atoms with van der Waals surface area (Å²) in [4.78, 5) is 91.6. The van der Waals surface area contributed by atoms with E-state index >= 15 is 0 Å². The van der Waals surface area contributed by atoms with Crippen LogP contribution in [0.5, 0.6) is 0 Å². The zero-order valence-corrected chi connectivity index (χ0v) is 25.2. The molecule has 0 aromatic carbocycles. The second kappa shape index (κ2) is 18.9. The van der Waals surface area contributed by atoms with Crippen molar-refractivity contribution >= 4 is 47.4 Å². The molecule has 248 valence electrons. The molecule has 0 aromatic rings. The zero-order chi connectivity index (χ0) is 33.4. The predicted octanol–water partition coefficient (Wildman–Crippen LogP) is -4.04. The van der Waals surface area contributed by atoms with Gasteiger partial charge < -0.3 is 54.2 Å². The number of aliphatic imine (C=N–C) groups is 1. The van der Waals surface area contributed by atoms with Gasteiger partial charge in [0.15, 0.2) is 5.96 Å². The van der Waals surface area contributed by atoms with Crippen molar-refractivity contribution in [1.82, 2.24) is 26.2 Å². The molecule has 44 heavy (non-hydrogen) atoms. The number of carboxylic acids is 1. The minimum Gasteiger partial charge on any atom is -0.480 e. The van der Waals surface area contributed by atoms with Gasteiger partial charge in [0.25, 0.3) is 0 Å². The maximum atomic E-state index is 13.5. The number of likely N-dealkylation sites (tertiary alicyclic amines) is 1. The van der Waals surface area contributed by atoms with Crippen LogP contribution in [-0.2, 0) is 33.6 Å². The molecule has 1 aliphatic rings. The van der Waals surface area contributed by atoms with Crippen molar-refractivity contribution in [3.8, 4) is 0 Å². The SMILES string of the molecule is CC(C)CC(NC(=O)C1CCCN1C(=O)C(CCC(N)=O)NC(=O)CNC(=O)C(N)CCCN=C(N)N)C(=O)NCC(=O)O. The number of amides is 6. The van der Waals surface area contributed by atoms with Gasteiger partial charge in [0.05, 0.1) is 12.6 Å². The summed E-state index contributed by atoms with van der Waals surface area (Å²) in [5.41, 5.74) is 21.6. The summed E-state index contributed by atoms with van der Waals surface area (Å²) < 4.78 is 0. The molecule has 1 saturated heterocycles. The summed E-state index contributed by atoms with van der Waals surface area (Å²) in [7, 11) is 0. The number of carbonyl (C=O) groups excluding carboxylic acids is 6. The fourth-order valence-corrected chi connectivity index (χ4v) is 4.50. The summed E-state index contributed by atoms with van der Waals surface area (Å²) in [6, 6.07) is -4.18. The molecule has 0 bridgehead atoms. The first-order valence-electron chi connectivity index (χ1n) is 14.4. The average molecular weight is 627 g/mol. The Kier molecular flexibility index (Phi) is 16.2. The van der Waals surface area contributed by atoms with Crippen LogP contribution in [0.15, 0.2) is 4.99 Å². The van der Waals surface area contributed by atoms with Crippen molar-refractivity contribution < 1.29 is 38.7 Å². The maximum absolute atomic E-state index is 13.5. The van der Waals surface area contributed by atoms with E-state index in [2.05, 4.69) is 26.3 Å². The van der Waals surface area contributed by atoms with Gasteiger partial charge in [-0.15, -0.1) is 0 Å². The number of guanidine groups is 1. The highest BCUT2D eigenvalue weighted by Gasteiger charge is 2.39. The van der Waals surface area contributed by atoms with E-state index in [1.807, 2.05) is 13.8 Å². The first-order chi connectivity index (χ1) is 20.6. The Morgan fingerprint density at radius 1 is 0.932 bits per heavy atom. The molecular formula is C26H46N10O8. The number of primary amides is 1. The number of nitrogens with two attached hydrogens (primary N) is 4. The van der Waals surface area contributed by atoms with Crippen LogP contribution in [0.4, 0.5) is 0 Å². The van der Waals surface area contributed by atoms with Crippen LogP contribution in [0.2, 0.25) is 0 Å². The van der Waals surface area contributed by atoms with E-state index in [-0.39, 0.29) is 57.1 Å². The van der Waals surface area contributed by atoms with E-state index in [9.17, 15) is 33.6 Å². The van der Waals surface area contributed by atoms with E-state index in [0.29, 0.717) is 12.8 Å². The van der Waals surface area contributed by atoms with Crippen molar-refractivity contribution in [3.05, 3.63) is 0 Å². The lowest BCUT2D eigenvalue weighted by Gasteiger charge is -2.30. The van der Waals surface area contributed by atoms with Crippen molar-refractivity contribution in [2.24, 2.45) is 33.8 Å². The fraction of sp³-hybridized carbons (Fsp3) is 0.692. The number of hydrogen-bond acceptors (Lipinski definition) is 9. The van der Waals surface area contributed by atoms with Crippen molar-refractivity contribution in [2.45, 2.75) is 83.0 Å². The molecule has 0 spiro atoms. The van der Waals surface area contributed by atoms with Gasteiger partial charge >= 0.3 is 5.97 Å². The quantitative estimate of drug-likeness (QED) is 0.0377. The zero-order valence-electron chi connectivity index (χ0n) is 25.2. The number of hydrogen-bond donors (Lipinski definition) is 9. The molecule has 6 amide bonds. The van der Waals surface area contributed by atoms with Gasteiger partial charge in [0.1, 0.15) is 24.7 Å². The number of carbonyl (C=O) groups is 7. The molecule has 18 heteroatoms. The minimum atomic E-state index is -1.24. The van der Waals surface area contributed by atoms with Crippen LogP contribution in [0, 0.1) is 5.92 Å². The highest BCUT2D eigenvalue weighted by molar-refractivity contribution is 5.96. The molecule has 0 saturated carbocycles. The second-order valence-corrected chi connectivity index (χ2v) is 10.9. The van der Waals surface area contributed by atoms with Gasteiger partial charge in [-0.25, -0.2) is 0 Å². The van der Waals surface area contributed by atoms with E-state index < -0.39 is 78.7 Å². The van der Waals surface area contributed by atoms with Crippen molar-refractivity contribution in [2.75, 3.05) is 26.2 Å². The van der Waals surface area contributed by atoms with Crippen molar-refractivity contribution in [3.63, 3.8) is 0 Å². The smallest absolute Gasteiger partial charge is 0.322 e. The summed E-state index contributed by atoms with van der Waals surface area (Å²) in [5, 5.41) is 18.6. The summed E-state index contributed by atoms with van der Waals surface area (Å²) in [6.45, 7) is 2.97. The standard InChI is InChI=1S/C26H46N10O8/c1-14(2)11-17(23(42)33-13-21(39)40)35-24(43)18-6-4-10-36(18)25(44)16(7-8-19(28)37)34-20(38)12-32-22(41)15(27)5-3-9-31-26(29)30/h14-18H,3-13,27H2,1-2H3,(H2,28,37)(H,32,41)(H,33,42)(H,34,38)(H,35,43)(H,39,40)(H4,29,30,31). The molecule has 0 aliphatic carbocycles. The first-order valence-corrected chi connectivity index (χ1v) is 14.4. The first kappa shape index (κ1) is 37.5. The predicted molar refractivity (Wildman–Crippen MR) is 158 cm³/mol. The van der Waals surface area contributed by atoms with Crippen molar-refractivity contribution in [1.29, 1.82) is 0 Å². The Labute approximate surface area is 255 Å². The van der Waals surface area contributed by atoms with Gasteiger partial charge in [-0.05, 0) is 44.4 Å². The number of nitrogens with one attached hydrogen (secondary N) is 4. The molecule has 4 atom stereocenters. The summed E-state index contributed by atoms with van der Waals surface area (Å²) >= 11 is 0. The van der Waals surface area contributed by atoms with E-state index in [1.165, 1.54) is 4.90 Å². The Balaban J connectivity index is 2.89. The molecule has 1 aliphatic heterocycles. The van der Waals surface area contributed by atoms with Crippen LogP contribution in [0.1, 0.15) is 58.8 Å². The van der Waals surface area contributed by atoms with Gasteiger partial charge in [-0.2, -0.15) is 0 Å². The number of rotatable bonds is 19. The van der Waals surface area contributed by atoms with E-state index in [1.54, 1.807) is 0 Å². The van der Waals surface area contributed by atoms with Crippen LogP contribution in [0.3, 0.4) is 0 Å². The molecule has 0 radical (unpaired) electrons. The molecule has 18 nitrogen and oxygen atoms in total. The maximum Gasteiger partial charge on any atom is 0.322 e. The third-order valence-electron chi connectivity index (χ3n) is 6.63. The van der Waals surface area contributed by atoms with Crippen LogP contribution in [0.25, 0.3) is 0 Å². The van der Waals surface area contributed by atoms with Gasteiger partial charge in [-0.3, -0.25) is 38.6 Å². The number of aliphatic carboxylic acids is 1. The topological polar surface area (TPSA) is 308 Å². The largest absolute Gasteiger partial charge is 0.480 e. The molecule has 0 aromatic heterocycles. The number of carboxylic acid groups (broad SMARTS) is 1. The van der Waals surface area contributed by atoms with Gasteiger partial charge in [-0.1, -0.05) is 13.8 Å². The third kappa shape index (κ3) is 14.1. The molecule has 1 heterocycles. The molecular weight excluding hydrogens is 580 g/mol. The highest BCUT2D eigenvalue weighted by atomic mass is 16.4. The average Bonchev–Trinajstić information content (AvgIpc) is 3.43. The molecule has 1 fully saturated rings. The summed E-state index contributed by atoms with van der Waals surface area (Å²) in [5.74, 6) is -5.34. The Morgan fingerprint density at radius 2 is 1.59 bits per heavy atom. The normalized spacial score (nSPS) is 16.3.